The first-order valence-corrected chi connectivity index (χ1v) is 7.88. The Bertz CT molecular complexity index is 596. The Labute approximate surface area is 129 Å². The summed E-state index contributed by atoms with van der Waals surface area (Å²) in [6.45, 7) is 2.08. The zero-order valence-corrected chi connectivity index (χ0v) is 12.9. The van der Waals surface area contributed by atoms with E-state index in [1.165, 1.54) is 0 Å². The highest BCUT2D eigenvalue weighted by molar-refractivity contribution is 7.17. The minimum atomic E-state index is -5.00. The first kappa shape index (κ1) is 16.8. The lowest BCUT2D eigenvalue weighted by Crippen LogP contribution is -2.30. The van der Waals surface area contributed by atoms with Gasteiger partial charge in [-0.2, -0.15) is 13.2 Å². The number of nitrogens with two attached hydrogens (primary N) is 1. The maximum absolute atomic E-state index is 12.4. The van der Waals surface area contributed by atoms with E-state index in [2.05, 4.69) is 6.92 Å². The molecule has 0 spiro atoms. The molecule has 0 saturated heterocycles. The maximum atomic E-state index is 12.4. The Morgan fingerprint density at radius 3 is 2.64 bits per heavy atom. The summed E-state index contributed by atoms with van der Waals surface area (Å²) in [4.78, 5) is 23.6. The van der Waals surface area contributed by atoms with Crippen LogP contribution in [-0.4, -0.2) is 18.0 Å². The van der Waals surface area contributed by atoms with Crippen molar-refractivity contribution in [2.75, 3.05) is 5.32 Å². The van der Waals surface area contributed by atoms with Gasteiger partial charge in [0.15, 0.2) is 0 Å². The third kappa shape index (κ3) is 3.43. The smallest absolute Gasteiger partial charge is 0.365 e. The minimum absolute atomic E-state index is 0.0348. The molecular formula is C14H17F3N2O2S. The van der Waals surface area contributed by atoms with Crippen molar-refractivity contribution in [3.8, 4) is 0 Å². The number of hydrogen-bond acceptors (Lipinski definition) is 3. The molecule has 0 unspecified atom stereocenters. The van der Waals surface area contributed by atoms with Crippen LogP contribution in [0, 0.1) is 5.92 Å². The van der Waals surface area contributed by atoms with E-state index in [0.717, 1.165) is 41.9 Å². The first-order valence-electron chi connectivity index (χ1n) is 7.06. The van der Waals surface area contributed by atoms with Crippen LogP contribution in [0.5, 0.6) is 0 Å². The Balaban J connectivity index is 2.32. The van der Waals surface area contributed by atoms with Crippen LogP contribution in [-0.2, 0) is 17.6 Å². The molecule has 1 heterocycles. The van der Waals surface area contributed by atoms with Crippen molar-refractivity contribution in [1.82, 2.24) is 0 Å². The summed E-state index contributed by atoms with van der Waals surface area (Å²) in [7, 11) is 0. The van der Waals surface area contributed by atoms with Crippen LogP contribution in [0.2, 0.25) is 0 Å². The topological polar surface area (TPSA) is 72.2 Å². The quantitative estimate of drug-likeness (QED) is 0.887. The molecule has 1 aromatic heterocycles. The van der Waals surface area contributed by atoms with E-state index in [4.69, 9.17) is 5.73 Å². The number of primary amides is 1. The lowest BCUT2D eigenvalue weighted by Gasteiger charge is -2.21. The van der Waals surface area contributed by atoms with Crippen molar-refractivity contribution in [3.05, 3.63) is 16.0 Å². The van der Waals surface area contributed by atoms with E-state index >= 15 is 0 Å². The summed E-state index contributed by atoms with van der Waals surface area (Å²) in [6.07, 6.45) is -0.722. The van der Waals surface area contributed by atoms with E-state index in [9.17, 15) is 22.8 Å². The molecule has 1 aliphatic rings. The lowest BCUT2D eigenvalue weighted by atomic mass is 9.84. The van der Waals surface area contributed by atoms with Gasteiger partial charge in [-0.3, -0.25) is 9.59 Å². The predicted octanol–water partition coefficient (Wildman–Crippen LogP) is 3.25. The zero-order chi connectivity index (χ0) is 16.5. The number of rotatable bonds is 4. The van der Waals surface area contributed by atoms with E-state index in [-0.39, 0.29) is 10.6 Å². The fourth-order valence-corrected chi connectivity index (χ4v) is 4.19. The summed E-state index contributed by atoms with van der Waals surface area (Å²) in [6, 6.07) is 0. The number of nitrogens with one attached hydrogen (secondary N) is 1. The van der Waals surface area contributed by atoms with Crippen molar-refractivity contribution in [3.63, 3.8) is 0 Å². The summed E-state index contributed by atoms with van der Waals surface area (Å²) < 4.78 is 37.2. The van der Waals surface area contributed by atoms with Crippen LogP contribution in [0.3, 0.4) is 0 Å². The van der Waals surface area contributed by atoms with Gasteiger partial charge >= 0.3 is 12.1 Å². The number of carbonyl (C=O) groups is 2. The van der Waals surface area contributed by atoms with Crippen molar-refractivity contribution < 1.29 is 22.8 Å². The van der Waals surface area contributed by atoms with E-state index in [0.29, 0.717) is 17.9 Å². The molecule has 2 amide bonds. The van der Waals surface area contributed by atoms with Crippen LogP contribution < -0.4 is 11.1 Å². The zero-order valence-electron chi connectivity index (χ0n) is 12.0. The van der Waals surface area contributed by atoms with Crippen molar-refractivity contribution in [2.24, 2.45) is 11.7 Å². The van der Waals surface area contributed by atoms with Gasteiger partial charge in [0.25, 0.3) is 5.91 Å². The number of halogens is 3. The third-order valence-corrected chi connectivity index (χ3v) is 4.96. The number of amides is 2. The van der Waals surface area contributed by atoms with E-state index in [1.54, 1.807) is 5.32 Å². The molecule has 4 nitrogen and oxygen atoms in total. The molecule has 122 valence electrons. The Morgan fingerprint density at radius 2 is 2.09 bits per heavy atom. The number of thiophene rings is 1. The fraction of sp³-hybridized carbons (Fsp3) is 0.571. The Hall–Kier alpha value is -1.57. The van der Waals surface area contributed by atoms with E-state index < -0.39 is 18.0 Å². The summed E-state index contributed by atoms with van der Waals surface area (Å²) in [5, 5.41) is 1.70. The van der Waals surface area contributed by atoms with Crippen LogP contribution in [0.4, 0.5) is 18.2 Å². The fourth-order valence-electron chi connectivity index (χ4n) is 2.83. The summed E-state index contributed by atoms with van der Waals surface area (Å²) >= 11 is 1.03. The van der Waals surface area contributed by atoms with Crippen LogP contribution >= 0.6 is 11.3 Å². The lowest BCUT2D eigenvalue weighted by molar-refractivity contribution is -0.167. The van der Waals surface area contributed by atoms with Crippen LogP contribution in [0.1, 0.15) is 47.0 Å². The number of carbonyl (C=O) groups excluding carboxylic acids is 2. The summed E-state index contributed by atoms with van der Waals surface area (Å²) in [5.41, 5.74) is 6.03. The van der Waals surface area contributed by atoms with Crippen LogP contribution in [0.25, 0.3) is 0 Å². The molecule has 1 atom stereocenters. The van der Waals surface area contributed by atoms with Gasteiger partial charge < -0.3 is 11.1 Å². The Morgan fingerprint density at radius 1 is 1.41 bits per heavy atom. The molecule has 0 aliphatic heterocycles. The normalized spacial score (nSPS) is 17.9. The second-order valence-corrected chi connectivity index (χ2v) is 6.53. The number of alkyl halides is 3. The average molecular weight is 334 g/mol. The summed E-state index contributed by atoms with van der Waals surface area (Å²) in [5.74, 6) is -2.43. The SMILES string of the molecule is CCC[C@H]1CCc2c(sc(NC(=O)C(F)(F)F)c2C(N)=O)C1. The first-order chi connectivity index (χ1) is 10.2. The molecule has 0 bridgehead atoms. The second kappa shape index (κ2) is 6.28. The highest BCUT2D eigenvalue weighted by Crippen LogP contribution is 2.40. The van der Waals surface area contributed by atoms with Crippen molar-refractivity contribution in [2.45, 2.75) is 45.2 Å². The molecule has 0 aromatic carbocycles. The molecule has 0 saturated carbocycles. The van der Waals surface area contributed by atoms with Gasteiger partial charge in [-0.1, -0.05) is 19.8 Å². The van der Waals surface area contributed by atoms with Gasteiger partial charge in [-0.15, -0.1) is 11.3 Å². The highest BCUT2D eigenvalue weighted by atomic mass is 32.1. The second-order valence-electron chi connectivity index (χ2n) is 5.42. The number of hydrogen-bond donors (Lipinski definition) is 2. The number of anilines is 1. The number of fused-ring (bicyclic) bond motifs is 1. The molecule has 2 rings (SSSR count). The molecule has 1 aromatic rings. The van der Waals surface area contributed by atoms with Crippen LogP contribution in [0.15, 0.2) is 0 Å². The van der Waals surface area contributed by atoms with E-state index in [1.807, 2.05) is 0 Å². The molecule has 3 N–H and O–H groups in total. The largest absolute Gasteiger partial charge is 0.471 e. The minimum Gasteiger partial charge on any atom is -0.365 e. The monoisotopic (exact) mass is 334 g/mol. The average Bonchev–Trinajstić information content (AvgIpc) is 2.75. The van der Waals surface area contributed by atoms with Gasteiger partial charge in [0.2, 0.25) is 0 Å². The van der Waals surface area contributed by atoms with Gasteiger partial charge in [0.05, 0.1) is 5.56 Å². The molecule has 8 heteroatoms. The maximum Gasteiger partial charge on any atom is 0.471 e. The molecule has 1 aliphatic carbocycles. The van der Waals surface area contributed by atoms with Gasteiger partial charge in [0, 0.05) is 4.88 Å². The van der Waals surface area contributed by atoms with Crippen molar-refractivity contribution >= 4 is 28.2 Å². The predicted molar refractivity (Wildman–Crippen MR) is 77.9 cm³/mol. The van der Waals surface area contributed by atoms with Gasteiger partial charge in [-0.25, -0.2) is 0 Å². The van der Waals surface area contributed by atoms with Gasteiger partial charge in [0.1, 0.15) is 5.00 Å². The van der Waals surface area contributed by atoms with Crippen molar-refractivity contribution in [1.29, 1.82) is 0 Å². The standard InChI is InChI=1S/C14H17F3N2O2S/c1-2-3-7-4-5-8-9(6-7)22-12(10(8)11(18)20)19-13(21)14(15,16)17/h7H,2-6H2,1H3,(H2,18,20)(H,19,21)/t7-/m0/s1. The van der Waals surface area contributed by atoms with Gasteiger partial charge in [-0.05, 0) is 30.7 Å². The highest BCUT2D eigenvalue weighted by Gasteiger charge is 2.40. The third-order valence-electron chi connectivity index (χ3n) is 3.80. The molecule has 22 heavy (non-hydrogen) atoms. The molecule has 0 fully saturated rings. The Kier molecular flexibility index (Phi) is 4.79. The molecule has 0 radical (unpaired) electrons. The molecular weight excluding hydrogens is 317 g/mol.